The van der Waals surface area contributed by atoms with Gasteiger partial charge in [0.1, 0.15) is 11.5 Å². The van der Waals surface area contributed by atoms with Gasteiger partial charge >= 0.3 is 12.3 Å². The van der Waals surface area contributed by atoms with E-state index in [4.69, 9.17) is 21.1 Å². The third-order valence-electron chi connectivity index (χ3n) is 6.80. The van der Waals surface area contributed by atoms with Crippen LogP contribution < -0.4 is 9.47 Å². The Morgan fingerprint density at radius 1 is 0.973 bits per heavy atom. The highest BCUT2D eigenvalue weighted by Crippen LogP contribution is 2.41. The molecule has 2 aliphatic rings. The summed E-state index contributed by atoms with van der Waals surface area (Å²) in [5, 5.41) is 0.656. The topological polar surface area (TPSA) is 54.9 Å². The quantitative estimate of drug-likeness (QED) is 0.369. The molecule has 0 saturated carbocycles. The Morgan fingerprint density at radius 2 is 1.70 bits per heavy atom. The van der Waals surface area contributed by atoms with Crippen LogP contribution >= 0.6 is 11.6 Å². The number of nitrogens with zero attached hydrogens (tertiary/aromatic N) is 3. The van der Waals surface area contributed by atoms with Gasteiger partial charge in [0.05, 0.1) is 11.8 Å². The molecule has 0 radical (unpaired) electrons. The Kier molecular flexibility index (Phi) is 7.00. The zero-order chi connectivity index (χ0) is 26.0. The van der Waals surface area contributed by atoms with Crippen LogP contribution in [0, 0.1) is 5.41 Å². The number of alkyl halides is 3. The maximum Gasteiger partial charge on any atom is 0.418 e. The lowest BCUT2D eigenvalue weighted by atomic mass is 9.72. The first-order valence-electron chi connectivity index (χ1n) is 11.9. The molecule has 1 amide bonds. The van der Waals surface area contributed by atoms with Gasteiger partial charge in [-0.3, -0.25) is 9.88 Å². The maximum absolute atomic E-state index is 12.9. The number of benzene rings is 2. The van der Waals surface area contributed by atoms with Gasteiger partial charge in [0.25, 0.3) is 0 Å². The summed E-state index contributed by atoms with van der Waals surface area (Å²) in [4.78, 5) is 19.9. The van der Waals surface area contributed by atoms with Gasteiger partial charge in [0, 0.05) is 43.9 Å². The molecule has 2 fully saturated rings. The number of halogens is 4. The summed E-state index contributed by atoms with van der Waals surface area (Å²) in [6.45, 7) is 3.66. The summed E-state index contributed by atoms with van der Waals surface area (Å²) in [6, 6.07) is 16.0. The van der Waals surface area contributed by atoms with E-state index in [2.05, 4.69) is 16.0 Å². The van der Waals surface area contributed by atoms with Crippen LogP contribution in [-0.4, -0.2) is 47.1 Å². The number of carbonyl (C=O) groups is 1. The highest BCUT2D eigenvalue weighted by Gasteiger charge is 2.45. The van der Waals surface area contributed by atoms with Crippen LogP contribution in [0.4, 0.5) is 18.0 Å². The van der Waals surface area contributed by atoms with E-state index >= 15 is 0 Å². The number of hydrogen-bond acceptors (Lipinski definition) is 5. The zero-order valence-corrected chi connectivity index (χ0v) is 20.6. The molecular formula is C27H25ClF3N3O3. The van der Waals surface area contributed by atoms with Crippen molar-refractivity contribution in [2.24, 2.45) is 5.41 Å². The Bertz CT molecular complexity index is 1250. The smallest absolute Gasteiger partial charge is 0.418 e. The second-order valence-corrected chi connectivity index (χ2v) is 10.0. The molecule has 3 heterocycles. The minimum Gasteiger partial charge on any atom is -0.457 e. The van der Waals surface area contributed by atoms with Crippen molar-refractivity contribution in [3.05, 3.63) is 83.1 Å². The first kappa shape index (κ1) is 25.4. The number of rotatable bonds is 5. The van der Waals surface area contributed by atoms with Gasteiger partial charge in [0.2, 0.25) is 0 Å². The second-order valence-electron chi connectivity index (χ2n) is 9.61. The van der Waals surface area contributed by atoms with Crippen molar-refractivity contribution in [3.8, 4) is 17.2 Å². The molecule has 0 N–H and O–H groups in total. The van der Waals surface area contributed by atoms with Gasteiger partial charge in [-0.1, -0.05) is 23.7 Å². The van der Waals surface area contributed by atoms with E-state index in [0.717, 1.165) is 61.8 Å². The molecule has 0 unspecified atom stereocenters. The van der Waals surface area contributed by atoms with Crippen molar-refractivity contribution in [2.75, 3.05) is 26.2 Å². The molecule has 6 nitrogen and oxygen atoms in total. The van der Waals surface area contributed by atoms with Crippen molar-refractivity contribution >= 4 is 17.7 Å². The Balaban J connectivity index is 1.09. The van der Waals surface area contributed by atoms with E-state index in [1.165, 1.54) is 0 Å². The SMILES string of the molecule is O=C(Oc1cncc(C(F)(F)F)c1)N1CCC2(CC1)CN(Cc1cccc(Oc3ccc(Cl)cc3)c1)C2. The molecule has 37 heavy (non-hydrogen) atoms. The molecule has 2 aromatic carbocycles. The Morgan fingerprint density at radius 3 is 2.41 bits per heavy atom. The van der Waals surface area contributed by atoms with E-state index in [9.17, 15) is 18.0 Å². The number of aromatic nitrogens is 1. The minimum absolute atomic E-state index is 0.145. The number of likely N-dealkylation sites (tertiary alicyclic amines) is 2. The second kappa shape index (κ2) is 10.2. The van der Waals surface area contributed by atoms with Crippen molar-refractivity contribution in [2.45, 2.75) is 25.6 Å². The molecule has 0 atom stereocenters. The highest BCUT2D eigenvalue weighted by atomic mass is 35.5. The molecule has 194 valence electrons. The van der Waals surface area contributed by atoms with Gasteiger partial charge in [-0.15, -0.1) is 0 Å². The van der Waals surface area contributed by atoms with Crippen LogP contribution in [0.15, 0.2) is 67.0 Å². The van der Waals surface area contributed by atoms with Gasteiger partial charge in [0.15, 0.2) is 5.75 Å². The summed E-state index contributed by atoms with van der Waals surface area (Å²) in [5.74, 6) is 1.27. The Hall–Kier alpha value is -3.30. The fraction of sp³-hybridized carbons (Fsp3) is 0.333. The predicted octanol–water partition coefficient (Wildman–Crippen LogP) is 6.64. The first-order valence-corrected chi connectivity index (χ1v) is 12.3. The summed E-state index contributed by atoms with van der Waals surface area (Å²) in [5.41, 5.74) is 0.343. The summed E-state index contributed by atoms with van der Waals surface area (Å²) >= 11 is 5.93. The number of amides is 1. The monoisotopic (exact) mass is 531 g/mol. The van der Waals surface area contributed by atoms with E-state index in [1.807, 2.05) is 30.3 Å². The van der Waals surface area contributed by atoms with E-state index in [1.54, 1.807) is 17.0 Å². The summed E-state index contributed by atoms with van der Waals surface area (Å²) < 4.78 is 49.7. The van der Waals surface area contributed by atoms with Gasteiger partial charge < -0.3 is 14.4 Å². The fourth-order valence-corrected chi connectivity index (χ4v) is 5.02. The average Bonchev–Trinajstić information content (AvgIpc) is 2.85. The number of ether oxygens (including phenoxy) is 2. The van der Waals surface area contributed by atoms with Crippen LogP contribution in [0.2, 0.25) is 5.02 Å². The van der Waals surface area contributed by atoms with Crippen molar-refractivity contribution in [3.63, 3.8) is 0 Å². The molecule has 1 spiro atoms. The third-order valence-corrected chi connectivity index (χ3v) is 7.05. The molecule has 0 bridgehead atoms. The maximum atomic E-state index is 12.9. The molecule has 0 aliphatic carbocycles. The van der Waals surface area contributed by atoms with Crippen LogP contribution in [-0.2, 0) is 12.7 Å². The minimum atomic E-state index is -4.55. The van der Waals surface area contributed by atoms with Crippen molar-refractivity contribution in [1.29, 1.82) is 0 Å². The third kappa shape index (κ3) is 6.17. The molecule has 2 saturated heterocycles. The van der Waals surface area contributed by atoms with Crippen LogP contribution in [0.3, 0.4) is 0 Å². The number of hydrogen-bond donors (Lipinski definition) is 0. The molecule has 3 aromatic rings. The number of piperidine rings is 1. The zero-order valence-electron chi connectivity index (χ0n) is 19.9. The standard InChI is InChI=1S/C27H25ClF3N3O3/c28-21-4-6-22(7-5-21)36-23-3-1-2-19(12-23)16-33-17-26(18-33)8-10-34(11-9-26)25(35)37-24-13-20(14-32-15-24)27(29,30)31/h1-7,12-15H,8-11,16-18H2. The molecule has 10 heteroatoms. The summed E-state index contributed by atoms with van der Waals surface area (Å²) in [7, 11) is 0. The van der Waals surface area contributed by atoms with Gasteiger partial charge in [-0.05, 0) is 66.3 Å². The van der Waals surface area contributed by atoms with Crippen LogP contribution in [0.25, 0.3) is 0 Å². The molecule has 1 aromatic heterocycles. The van der Waals surface area contributed by atoms with E-state index < -0.39 is 17.8 Å². The fourth-order valence-electron chi connectivity index (χ4n) is 4.89. The first-order chi connectivity index (χ1) is 17.7. The molecule has 5 rings (SSSR count). The van der Waals surface area contributed by atoms with Crippen LogP contribution in [0.1, 0.15) is 24.0 Å². The van der Waals surface area contributed by atoms with E-state index in [0.29, 0.717) is 24.3 Å². The van der Waals surface area contributed by atoms with E-state index in [-0.39, 0.29) is 11.2 Å². The average molecular weight is 532 g/mol. The lowest BCUT2D eigenvalue weighted by Gasteiger charge is -2.54. The highest BCUT2D eigenvalue weighted by molar-refractivity contribution is 6.30. The van der Waals surface area contributed by atoms with Crippen molar-refractivity contribution in [1.82, 2.24) is 14.8 Å². The van der Waals surface area contributed by atoms with Gasteiger partial charge in [-0.25, -0.2) is 4.79 Å². The number of pyridine rings is 1. The normalized spacial score (nSPS) is 17.4. The van der Waals surface area contributed by atoms with Gasteiger partial charge in [-0.2, -0.15) is 13.2 Å². The Labute approximate surface area is 217 Å². The lowest BCUT2D eigenvalue weighted by molar-refractivity contribution is -0.137. The number of carbonyl (C=O) groups excluding carboxylic acids is 1. The van der Waals surface area contributed by atoms with Crippen molar-refractivity contribution < 1.29 is 27.4 Å². The lowest BCUT2D eigenvalue weighted by Crippen LogP contribution is -2.60. The molecular weight excluding hydrogens is 507 g/mol. The predicted molar refractivity (Wildman–Crippen MR) is 132 cm³/mol. The summed E-state index contributed by atoms with van der Waals surface area (Å²) in [6.07, 6.45) is -1.75. The molecule has 2 aliphatic heterocycles. The largest absolute Gasteiger partial charge is 0.457 e. The van der Waals surface area contributed by atoms with Crippen LogP contribution in [0.5, 0.6) is 17.2 Å².